The van der Waals surface area contributed by atoms with Crippen LogP contribution in [0.15, 0.2) is 0 Å². The first-order valence-electron chi connectivity index (χ1n) is 5.36. The molecule has 3 atom stereocenters. The summed E-state index contributed by atoms with van der Waals surface area (Å²) in [6, 6.07) is 0. The molecule has 2 bridgehead atoms. The van der Waals surface area contributed by atoms with Gasteiger partial charge in [-0.1, -0.05) is 0 Å². The van der Waals surface area contributed by atoms with E-state index in [9.17, 15) is 14.4 Å². The SMILES string of the molecule is CC(=O)OC1CC2(C)COC(=O)C1(C(C)=O)O2. The molecule has 0 aromatic rings. The van der Waals surface area contributed by atoms with Gasteiger partial charge in [0.1, 0.15) is 12.2 Å². The molecule has 94 valence electrons. The molecule has 6 heteroatoms. The largest absolute Gasteiger partial charge is 0.460 e. The Morgan fingerprint density at radius 1 is 1.41 bits per heavy atom. The van der Waals surface area contributed by atoms with Crippen molar-refractivity contribution in [2.75, 3.05) is 6.61 Å². The van der Waals surface area contributed by atoms with Crippen LogP contribution in [0.5, 0.6) is 0 Å². The van der Waals surface area contributed by atoms with Gasteiger partial charge in [-0.3, -0.25) is 9.59 Å². The minimum absolute atomic E-state index is 0.0681. The molecule has 0 aromatic carbocycles. The molecular weight excluding hydrogens is 228 g/mol. The summed E-state index contributed by atoms with van der Waals surface area (Å²) in [6.07, 6.45) is -0.629. The molecule has 0 spiro atoms. The molecule has 2 rings (SSSR count). The number of ketones is 1. The monoisotopic (exact) mass is 242 g/mol. The van der Waals surface area contributed by atoms with E-state index in [0.717, 1.165) is 0 Å². The lowest BCUT2D eigenvalue weighted by Crippen LogP contribution is -2.58. The van der Waals surface area contributed by atoms with Gasteiger partial charge in [0.15, 0.2) is 11.9 Å². The normalized spacial score (nSPS) is 39.7. The number of carbonyl (C=O) groups excluding carboxylic acids is 3. The molecule has 3 unspecified atom stereocenters. The van der Waals surface area contributed by atoms with Crippen molar-refractivity contribution in [2.45, 2.75) is 44.5 Å². The van der Waals surface area contributed by atoms with E-state index in [4.69, 9.17) is 14.2 Å². The lowest BCUT2D eigenvalue weighted by molar-refractivity contribution is -0.217. The van der Waals surface area contributed by atoms with Gasteiger partial charge in [-0.25, -0.2) is 4.79 Å². The third-order valence-electron chi connectivity index (χ3n) is 3.12. The topological polar surface area (TPSA) is 78.9 Å². The lowest BCUT2D eigenvalue weighted by atomic mass is 9.91. The van der Waals surface area contributed by atoms with Crippen LogP contribution >= 0.6 is 0 Å². The summed E-state index contributed by atoms with van der Waals surface area (Å²) >= 11 is 0. The molecule has 2 fully saturated rings. The fourth-order valence-corrected chi connectivity index (χ4v) is 2.39. The van der Waals surface area contributed by atoms with Crippen LogP contribution in [0.2, 0.25) is 0 Å². The van der Waals surface area contributed by atoms with Crippen molar-refractivity contribution >= 4 is 17.7 Å². The number of rotatable bonds is 2. The van der Waals surface area contributed by atoms with Gasteiger partial charge in [-0.05, 0) is 13.8 Å². The van der Waals surface area contributed by atoms with Crippen molar-refractivity contribution in [3.05, 3.63) is 0 Å². The molecule has 0 aromatic heterocycles. The first-order chi connectivity index (χ1) is 7.80. The van der Waals surface area contributed by atoms with Gasteiger partial charge >= 0.3 is 11.9 Å². The van der Waals surface area contributed by atoms with Gasteiger partial charge in [0.2, 0.25) is 0 Å². The maximum atomic E-state index is 11.8. The number of cyclic esters (lactones) is 1. The van der Waals surface area contributed by atoms with Crippen molar-refractivity contribution < 1.29 is 28.6 Å². The van der Waals surface area contributed by atoms with Crippen molar-refractivity contribution in [2.24, 2.45) is 0 Å². The average Bonchev–Trinajstić information content (AvgIpc) is 2.44. The highest BCUT2D eigenvalue weighted by Gasteiger charge is 2.67. The van der Waals surface area contributed by atoms with Crippen molar-refractivity contribution in [3.63, 3.8) is 0 Å². The lowest BCUT2D eigenvalue weighted by Gasteiger charge is -2.35. The average molecular weight is 242 g/mol. The Hall–Kier alpha value is -1.43. The zero-order chi connectivity index (χ0) is 12.8. The predicted molar refractivity (Wildman–Crippen MR) is 54.0 cm³/mol. The van der Waals surface area contributed by atoms with Crippen molar-refractivity contribution in [3.8, 4) is 0 Å². The number of hydrogen-bond acceptors (Lipinski definition) is 6. The van der Waals surface area contributed by atoms with Gasteiger partial charge in [0.05, 0.1) is 0 Å². The molecule has 2 aliphatic rings. The van der Waals surface area contributed by atoms with Crippen LogP contribution in [0.1, 0.15) is 27.2 Å². The first-order valence-corrected chi connectivity index (χ1v) is 5.36. The van der Waals surface area contributed by atoms with Crippen LogP contribution in [0.25, 0.3) is 0 Å². The van der Waals surface area contributed by atoms with Crippen LogP contribution in [0.3, 0.4) is 0 Å². The fourth-order valence-electron chi connectivity index (χ4n) is 2.39. The number of carbonyl (C=O) groups is 3. The standard InChI is InChI=1S/C11H14O6/c1-6(12)11-8(16-7(2)13)4-10(3,17-11)5-15-9(11)14/h8H,4-5H2,1-3H3. The highest BCUT2D eigenvalue weighted by atomic mass is 16.7. The summed E-state index contributed by atoms with van der Waals surface area (Å²) in [4.78, 5) is 34.5. The Labute approximate surface area is 98.2 Å². The third kappa shape index (κ3) is 1.63. The Morgan fingerprint density at radius 2 is 2.06 bits per heavy atom. The van der Waals surface area contributed by atoms with Crippen LogP contribution < -0.4 is 0 Å². The number of ether oxygens (including phenoxy) is 3. The van der Waals surface area contributed by atoms with Gasteiger partial charge in [0, 0.05) is 13.3 Å². The highest BCUT2D eigenvalue weighted by molar-refractivity contribution is 6.08. The quantitative estimate of drug-likeness (QED) is 0.500. The van der Waals surface area contributed by atoms with E-state index in [0.29, 0.717) is 0 Å². The summed E-state index contributed by atoms with van der Waals surface area (Å²) in [6.45, 7) is 4.25. The molecule has 17 heavy (non-hydrogen) atoms. The molecule has 2 heterocycles. The van der Waals surface area contributed by atoms with Gasteiger partial charge in [0.25, 0.3) is 5.60 Å². The van der Waals surface area contributed by atoms with Gasteiger partial charge < -0.3 is 14.2 Å². The number of esters is 2. The molecule has 6 nitrogen and oxygen atoms in total. The maximum Gasteiger partial charge on any atom is 0.350 e. The minimum atomic E-state index is -1.78. The van der Waals surface area contributed by atoms with E-state index < -0.39 is 35.0 Å². The van der Waals surface area contributed by atoms with Gasteiger partial charge in [-0.15, -0.1) is 0 Å². The van der Waals surface area contributed by atoms with Crippen LogP contribution in [-0.2, 0) is 28.6 Å². The maximum absolute atomic E-state index is 11.8. The molecule has 0 amide bonds. The highest BCUT2D eigenvalue weighted by Crippen LogP contribution is 2.44. The second kappa shape index (κ2) is 3.53. The molecule has 0 radical (unpaired) electrons. The molecule has 0 N–H and O–H groups in total. The summed E-state index contributed by atoms with van der Waals surface area (Å²) in [5.74, 6) is -1.83. The predicted octanol–water partition coefficient (Wildman–Crippen LogP) is -0.0183. The Morgan fingerprint density at radius 3 is 2.59 bits per heavy atom. The molecule has 0 saturated carbocycles. The van der Waals surface area contributed by atoms with Crippen LogP contribution in [0, 0.1) is 0 Å². The Bertz CT molecular complexity index is 403. The Balaban J connectivity index is 2.42. The zero-order valence-corrected chi connectivity index (χ0v) is 9.94. The van der Waals surface area contributed by atoms with Gasteiger partial charge in [-0.2, -0.15) is 0 Å². The summed E-state index contributed by atoms with van der Waals surface area (Å²) in [5.41, 5.74) is -2.54. The molecular formula is C11H14O6. The molecule has 0 aliphatic carbocycles. The first kappa shape index (κ1) is 12.0. The van der Waals surface area contributed by atoms with Crippen molar-refractivity contribution in [1.82, 2.24) is 0 Å². The smallest absolute Gasteiger partial charge is 0.350 e. The van der Waals surface area contributed by atoms with E-state index in [2.05, 4.69) is 0 Å². The van der Waals surface area contributed by atoms with Crippen molar-refractivity contribution in [1.29, 1.82) is 0 Å². The molecule has 2 aliphatic heterocycles. The second-order valence-corrected chi connectivity index (χ2v) is 4.72. The zero-order valence-electron chi connectivity index (χ0n) is 9.94. The minimum Gasteiger partial charge on any atom is -0.460 e. The summed E-state index contributed by atoms with van der Waals surface area (Å²) in [7, 11) is 0. The fraction of sp³-hybridized carbons (Fsp3) is 0.727. The molecule has 2 saturated heterocycles. The summed E-state index contributed by atoms with van der Waals surface area (Å²) < 4.78 is 15.6. The van der Waals surface area contributed by atoms with E-state index in [-0.39, 0.29) is 13.0 Å². The number of fused-ring (bicyclic) bond motifs is 2. The second-order valence-electron chi connectivity index (χ2n) is 4.72. The van der Waals surface area contributed by atoms with E-state index >= 15 is 0 Å². The van der Waals surface area contributed by atoms with E-state index in [1.54, 1.807) is 6.92 Å². The van der Waals surface area contributed by atoms with E-state index in [1.807, 2.05) is 0 Å². The third-order valence-corrected chi connectivity index (χ3v) is 3.12. The van der Waals surface area contributed by atoms with Crippen LogP contribution in [0.4, 0.5) is 0 Å². The van der Waals surface area contributed by atoms with Crippen LogP contribution in [-0.4, -0.2) is 41.6 Å². The number of hydrogen-bond donors (Lipinski definition) is 0. The van der Waals surface area contributed by atoms with E-state index in [1.165, 1.54) is 13.8 Å². The Kier molecular flexibility index (Phi) is 2.50. The summed E-state index contributed by atoms with van der Waals surface area (Å²) in [5, 5.41) is 0. The number of Topliss-reactive ketones (excluding diaryl/α,β-unsaturated/α-hetero) is 1.